The third-order valence-electron chi connectivity index (χ3n) is 7.67. The number of carbonyl (C=O) groups excluding carboxylic acids is 2. The number of aryl methyl sites for hydroxylation is 1. The zero-order chi connectivity index (χ0) is 24.8. The van der Waals surface area contributed by atoms with Gasteiger partial charge in [0.1, 0.15) is 16.7 Å². The maximum Gasteiger partial charge on any atom is 0.259 e. The van der Waals surface area contributed by atoms with Crippen LogP contribution in [0.3, 0.4) is 0 Å². The molecule has 188 valence electrons. The molecule has 1 unspecified atom stereocenters. The number of ether oxygens (including phenoxy) is 1. The fraction of sp³-hybridized carbons (Fsp3) is 0.577. The second-order valence-corrected chi connectivity index (χ2v) is 10.9. The molecule has 4 heterocycles. The molecule has 3 aliphatic rings. The molecule has 1 aromatic heterocycles. The molecule has 8 nitrogen and oxygen atoms in total. The number of rotatable bonds is 5. The highest BCUT2D eigenvalue weighted by Crippen LogP contribution is 2.40. The molecule has 0 saturated carbocycles. The maximum atomic E-state index is 13.1. The molecule has 0 bridgehead atoms. The van der Waals surface area contributed by atoms with Crippen molar-refractivity contribution in [3.05, 3.63) is 40.8 Å². The second-order valence-electron chi connectivity index (χ2n) is 10.5. The van der Waals surface area contributed by atoms with Gasteiger partial charge in [-0.2, -0.15) is 0 Å². The largest absolute Gasteiger partial charge is 0.376 e. The Balaban J connectivity index is 1.24. The van der Waals surface area contributed by atoms with E-state index in [0.717, 1.165) is 42.9 Å². The summed E-state index contributed by atoms with van der Waals surface area (Å²) in [6.07, 6.45) is 4.37. The van der Waals surface area contributed by atoms with Crippen molar-refractivity contribution in [2.45, 2.75) is 51.7 Å². The Morgan fingerprint density at radius 2 is 1.77 bits per heavy atom. The van der Waals surface area contributed by atoms with Crippen molar-refractivity contribution in [1.29, 1.82) is 0 Å². The van der Waals surface area contributed by atoms with Gasteiger partial charge < -0.3 is 24.2 Å². The Morgan fingerprint density at radius 1 is 1.11 bits per heavy atom. The average Bonchev–Trinajstić information content (AvgIpc) is 3.17. The lowest BCUT2D eigenvalue weighted by Crippen LogP contribution is -2.64. The first kappa shape index (κ1) is 24.3. The fourth-order valence-electron chi connectivity index (χ4n) is 5.47. The predicted molar refractivity (Wildman–Crippen MR) is 132 cm³/mol. The summed E-state index contributed by atoms with van der Waals surface area (Å²) in [5.41, 5.74) is 1.11. The van der Waals surface area contributed by atoms with Crippen molar-refractivity contribution in [1.82, 2.24) is 19.4 Å². The van der Waals surface area contributed by atoms with E-state index in [1.165, 1.54) is 6.42 Å². The molecule has 0 spiro atoms. The predicted octanol–water partition coefficient (Wildman–Crippen LogP) is 3.00. The third kappa shape index (κ3) is 4.47. The number of nitrogens with zero attached hydrogens (tertiary/aromatic N) is 4. The molecule has 9 heteroatoms. The highest BCUT2D eigenvalue weighted by molar-refractivity contribution is 6.32. The van der Waals surface area contributed by atoms with E-state index in [9.17, 15) is 14.7 Å². The lowest BCUT2D eigenvalue weighted by Gasteiger charge is -2.42. The minimum atomic E-state index is -1.40. The van der Waals surface area contributed by atoms with Crippen LogP contribution in [0.2, 0.25) is 5.15 Å². The molecule has 2 amide bonds. The lowest BCUT2D eigenvalue weighted by atomic mass is 9.79. The van der Waals surface area contributed by atoms with E-state index in [4.69, 9.17) is 21.3 Å². The molecule has 1 atom stereocenters. The van der Waals surface area contributed by atoms with Gasteiger partial charge in [0.05, 0.1) is 13.2 Å². The average molecular weight is 501 g/mol. The number of hydrogen-bond donors (Lipinski definition) is 1. The summed E-state index contributed by atoms with van der Waals surface area (Å²) in [6.45, 7) is 7.18. The molecule has 3 aliphatic heterocycles. The molecular weight excluding hydrogens is 468 g/mol. The van der Waals surface area contributed by atoms with Crippen LogP contribution in [0.1, 0.15) is 49.3 Å². The monoisotopic (exact) mass is 500 g/mol. The Bertz CT molecular complexity index is 1120. The van der Waals surface area contributed by atoms with E-state index in [2.05, 4.69) is 18.4 Å². The molecule has 1 aromatic carbocycles. The van der Waals surface area contributed by atoms with Gasteiger partial charge in [0.2, 0.25) is 0 Å². The second kappa shape index (κ2) is 9.22. The summed E-state index contributed by atoms with van der Waals surface area (Å²) in [5.74, 6) is 0.652. The quantitative estimate of drug-likeness (QED) is 0.682. The van der Waals surface area contributed by atoms with Crippen molar-refractivity contribution >= 4 is 23.4 Å². The highest BCUT2D eigenvalue weighted by atomic mass is 35.5. The topological polar surface area (TPSA) is 87.9 Å². The number of halogens is 1. The van der Waals surface area contributed by atoms with Crippen LogP contribution in [-0.4, -0.2) is 81.3 Å². The van der Waals surface area contributed by atoms with Crippen LogP contribution in [0, 0.1) is 5.41 Å². The van der Waals surface area contributed by atoms with Gasteiger partial charge in [-0.25, -0.2) is 4.98 Å². The van der Waals surface area contributed by atoms with Gasteiger partial charge in [0, 0.05) is 50.3 Å². The van der Waals surface area contributed by atoms with E-state index in [0.29, 0.717) is 36.9 Å². The summed E-state index contributed by atoms with van der Waals surface area (Å²) < 4.78 is 7.14. The normalized spacial score (nSPS) is 23.5. The van der Waals surface area contributed by atoms with Gasteiger partial charge in [-0.15, -0.1) is 0 Å². The smallest absolute Gasteiger partial charge is 0.259 e. The highest BCUT2D eigenvalue weighted by Gasteiger charge is 2.47. The minimum Gasteiger partial charge on any atom is -0.376 e. The molecule has 35 heavy (non-hydrogen) atoms. The summed E-state index contributed by atoms with van der Waals surface area (Å²) in [4.78, 5) is 33.7. The molecule has 0 radical (unpaired) electrons. The zero-order valence-electron chi connectivity index (χ0n) is 20.4. The summed E-state index contributed by atoms with van der Waals surface area (Å²) in [5, 5.41) is 10.9. The van der Waals surface area contributed by atoms with Crippen molar-refractivity contribution in [2.24, 2.45) is 5.41 Å². The molecule has 5 rings (SSSR count). The van der Waals surface area contributed by atoms with Crippen LogP contribution >= 0.6 is 11.6 Å². The Labute approximate surface area is 210 Å². The standard InChI is InChI=1S/C26H33ClN4O4/c1-3-9-25(2)10-8-20-28-21(22(27)31(20)15-25)18-4-6-19(7-5-18)23(32)29-11-13-30(14-12-29)24(33)26(34)16-35-17-26/h4-7,34H,3,8-17H2,1-2H3. The molecule has 2 fully saturated rings. The molecule has 0 aliphatic carbocycles. The molecule has 2 aromatic rings. The molecule has 1 N–H and O–H groups in total. The van der Waals surface area contributed by atoms with E-state index in [-0.39, 0.29) is 30.4 Å². The number of fused-ring (bicyclic) bond motifs is 1. The summed E-state index contributed by atoms with van der Waals surface area (Å²) in [7, 11) is 0. The minimum absolute atomic E-state index is 0.0408. The van der Waals surface area contributed by atoms with Gasteiger partial charge in [-0.3, -0.25) is 9.59 Å². The summed E-state index contributed by atoms with van der Waals surface area (Å²) >= 11 is 6.78. The van der Waals surface area contributed by atoms with Crippen molar-refractivity contribution in [3.8, 4) is 11.3 Å². The first-order valence-electron chi connectivity index (χ1n) is 12.5. The number of hydrogen-bond acceptors (Lipinski definition) is 5. The number of piperazine rings is 1. The van der Waals surface area contributed by atoms with Gasteiger partial charge in [-0.1, -0.05) is 44.0 Å². The zero-order valence-corrected chi connectivity index (χ0v) is 21.2. The van der Waals surface area contributed by atoms with E-state index in [1.54, 1.807) is 9.80 Å². The van der Waals surface area contributed by atoms with Crippen LogP contribution in [0.15, 0.2) is 24.3 Å². The van der Waals surface area contributed by atoms with E-state index in [1.807, 2.05) is 24.3 Å². The van der Waals surface area contributed by atoms with Crippen LogP contribution in [-0.2, 0) is 22.5 Å². The number of aromatic nitrogens is 2. The number of benzene rings is 1. The van der Waals surface area contributed by atoms with Crippen molar-refractivity contribution < 1.29 is 19.4 Å². The van der Waals surface area contributed by atoms with Gasteiger partial charge in [0.15, 0.2) is 5.60 Å². The summed E-state index contributed by atoms with van der Waals surface area (Å²) in [6, 6.07) is 7.45. The van der Waals surface area contributed by atoms with Crippen molar-refractivity contribution in [3.63, 3.8) is 0 Å². The number of amides is 2. The van der Waals surface area contributed by atoms with Crippen LogP contribution in [0.4, 0.5) is 0 Å². The Morgan fingerprint density at radius 3 is 2.37 bits per heavy atom. The SMILES string of the molecule is CCCC1(C)CCc2nc(-c3ccc(C(=O)N4CCN(C(=O)C5(O)COC5)CC4)cc3)c(Cl)n2C1. The third-order valence-corrected chi connectivity index (χ3v) is 8.05. The van der Waals surface area contributed by atoms with E-state index >= 15 is 0 Å². The van der Waals surface area contributed by atoms with Crippen LogP contribution < -0.4 is 0 Å². The van der Waals surface area contributed by atoms with Gasteiger partial charge in [0.25, 0.3) is 11.8 Å². The maximum absolute atomic E-state index is 13.1. The Kier molecular flexibility index (Phi) is 6.40. The number of aliphatic hydroxyl groups is 1. The van der Waals surface area contributed by atoms with Crippen LogP contribution in [0.5, 0.6) is 0 Å². The van der Waals surface area contributed by atoms with E-state index < -0.39 is 5.60 Å². The fourth-order valence-corrected chi connectivity index (χ4v) is 5.78. The van der Waals surface area contributed by atoms with Crippen molar-refractivity contribution in [2.75, 3.05) is 39.4 Å². The number of imidazole rings is 1. The first-order chi connectivity index (χ1) is 16.7. The number of carbonyl (C=O) groups is 2. The van der Waals surface area contributed by atoms with Gasteiger partial charge in [-0.05, 0) is 30.4 Å². The molecule has 2 saturated heterocycles. The Hall–Kier alpha value is -2.42. The van der Waals surface area contributed by atoms with Crippen LogP contribution in [0.25, 0.3) is 11.3 Å². The first-order valence-corrected chi connectivity index (χ1v) is 12.8. The lowest BCUT2D eigenvalue weighted by molar-refractivity contribution is -0.201. The van der Waals surface area contributed by atoms with Gasteiger partial charge >= 0.3 is 0 Å². The molecular formula is C26H33ClN4O4.